The number of carbonyl (C=O) groups excluding carboxylic acids is 1. The maximum absolute atomic E-state index is 13.8. The van der Waals surface area contributed by atoms with Gasteiger partial charge in [-0.2, -0.15) is 4.31 Å². The first-order valence-corrected chi connectivity index (χ1v) is 14.6. The van der Waals surface area contributed by atoms with E-state index >= 15 is 0 Å². The molecule has 8 nitrogen and oxygen atoms in total. The Morgan fingerprint density at radius 3 is 2.42 bits per heavy atom. The SMILES string of the molecule is O=C(Nc1c2c(cc3c1CCC3)CCC2)C(=CNS(=O)O)C1CCCN1S(=O)(=O)c1cccc(F)c1. The molecule has 11 heteroatoms. The second-order valence-electron chi connectivity index (χ2n) is 9.39. The van der Waals surface area contributed by atoms with Crippen LogP contribution in [0.1, 0.15) is 47.9 Å². The van der Waals surface area contributed by atoms with E-state index in [0.29, 0.717) is 12.8 Å². The molecule has 2 aliphatic carbocycles. The van der Waals surface area contributed by atoms with Crippen LogP contribution >= 0.6 is 0 Å². The Morgan fingerprint density at radius 1 is 1.08 bits per heavy atom. The molecule has 36 heavy (non-hydrogen) atoms. The lowest BCUT2D eigenvalue weighted by atomic mass is 9.98. The van der Waals surface area contributed by atoms with Gasteiger partial charge in [0.1, 0.15) is 5.82 Å². The molecule has 0 saturated carbocycles. The van der Waals surface area contributed by atoms with Crippen LogP contribution in [0.5, 0.6) is 0 Å². The number of halogens is 1. The van der Waals surface area contributed by atoms with E-state index in [0.717, 1.165) is 73.7 Å². The van der Waals surface area contributed by atoms with E-state index in [4.69, 9.17) is 0 Å². The van der Waals surface area contributed by atoms with Gasteiger partial charge < -0.3 is 5.32 Å². The van der Waals surface area contributed by atoms with Crippen molar-refractivity contribution >= 4 is 32.9 Å². The summed E-state index contributed by atoms with van der Waals surface area (Å²) in [7, 11) is -4.11. The Balaban J connectivity index is 1.50. The second-order valence-corrected chi connectivity index (χ2v) is 12.0. The number of carbonyl (C=O) groups is 1. The number of aryl methyl sites for hydroxylation is 2. The van der Waals surface area contributed by atoms with Gasteiger partial charge in [-0.05, 0) is 91.8 Å². The fourth-order valence-electron chi connectivity index (χ4n) is 5.68. The number of anilines is 1. The highest BCUT2D eigenvalue weighted by Crippen LogP contribution is 2.39. The smallest absolute Gasteiger partial charge is 0.258 e. The molecule has 1 amide bonds. The van der Waals surface area contributed by atoms with Gasteiger partial charge in [0.25, 0.3) is 17.2 Å². The predicted octanol–water partition coefficient (Wildman–Crippen LogP) is 3.21. The minimum absolute atomic E-state index is 0.0391. The van der Waals surface area contributed by atoms with Gasteiger partial charge in [-0.25, -0.2) is 17.0 Å². The Hall–Kier alpha value is -2.60. The number of nitrogens with one attached hydrogen (secondary N) is 2. The molecule has 0 radical (unpaired) electrons. The van der Waals surface area contributed by atoms with Crippen molar-refractivity contribution in [1.29, 1.82) is 0 Å². The number of amides is 1. The number of benzene rings is 2. The average molecular weight is 534 g/mol. The largest absolute Gasteiger partial charge is 0.322 e. The van der Waals surface area contributed by atoms with Crippen molar-refractivity contribution in [3.63, 3.8) is 0 Å². The summed E-state index contributed by atoms with van der Waals surface area (Å²) in [6.07, 6.45) is 7.62. The summed E-state index contributed by atoms with van der Waals surface area (Å²) in [4.78, 5) is 13.5. The lowest BCUT2D eigenvalue weighted by Crippen LogP contribution is -2.40. The maximum Gasteiger partial charge on any atom is 0.258 e. The number of fused-ring (bicyclic) bond motifs is 2. The number of sulfonamides is 1. The van der Waals surface area contributed by atoms with Crippen molar-refractivity contribution in [3.05, 3.63) is 70.2 Å². The van der Waals surface area contributed by atoms with E-state index in [1.807, 2.05) is 0 Å². The fraction of sp³-hybridized carbons (Fsp3) is 0.400. The lowest BCUT2D eigenvalue weighted by Gasteiger charge is -2.26. The summed E-state index contributed by atoms with van der Waals surface area (Å²) in [5, 5.41) is 3.05. The summed E-state index contributed by atoms with van der Waals surface area (Å²) in [6.45, 7) is 0.145. The highest BCUT2D eigenvalue weighted by atomic mass is 32.2. The molecule has 1 fully saturated rings. The molecular weight excluding hydrogens is 505 g/mol. The molecular formula is C25H28FN3O5S2. The van der Waals surface area contributed by atoms with Crippen LogP contribution in [-0.2, 0) is 51.8 Å². The van der Waals surface area contributed by atoms with Crippen LogP contribution in [-0.4, -0.2) is 40.0 Å². The van der Waals surface area contributed by atoms with Crippen molar-refractivity contribution in [2.24, 2.45) is 0 Å². The highest BCUT2D eigenvalue weighted by molar-refractivity contribution is 7.89. The third-order valence-electron chi connectivity index (χ3n) is 7.25. The molecule has 2 aromatic rings. The Labute approximate surface area is 212 Å². The van der Waals surface area contributed by atoms with Gasteiger partial charge in [0, 0.05) is 18.4 Å². The standard InChI is InChI=1S/C25H28FN3O5S2/c26-18-7-3-8-19(14-18)36(33,34)29-12-4-11-23(29)22(15-27-35(31)32)25(30)28-24-20-9-1-5-16(20)13-17-6-2-10-21(17)24/h3,7-8,13-15,23,27H,1-2,4-6,9-12H2,(H,28,30)(H,31,32). The number of hydrogen-bond acceptors (Lipinski definition) is 4. The van der Waals surface area contributed by atoms with Crippen molar-refractivity contribution < 1.29 is 26.4 Å². The molecule has 1 aliphatic heterocycles. The van der Waals surface area contributed by atoms with Crippen molar-refractivity contribution in [1.82, 2.24) is 9.03 Å². The normalized spacial score (nSPS) is 20.7. The highest BCUT2D eigenvalue weighted by Gasteiger charge is 2.40. The van der Waals surface area contributed by atoms with Crippen LogP contribution in [0.4, 0.5) is 10.1 Å². The van der Waals surface area contributed by atoms with Crippen LogP contribution in [0.3, 0.4) is 0 Å². The molecule has 5 rings (SSSR count). The van der Waals surface area contributed by atoms with Gasteiger partial charge >= 0.3 is 0 Å². The fourth-order valence-corrected chi connectivity index (χ4v) is 7.62. The molecule has 0 bridgehead atoms. The summed E-state index contributed by atoms with van der Waals surface area (Å²) in [5.41, 5.74) is 5.56. The van der Waals surface area contributed by atoms with Crippen LogP contribution in [0.25, 0.3) is 0 Å². The number of hydrogen-bond donors (Lipinski definition) is 3. The molecule has 0 aromatic heterocycles. The molecule has 1 heterocycles. The Kier molecular flexibility index (Phi) is 6.99. The second kappa shape index (κ2) is 10.0. The monoisotopic (exact) mass is 533 g/mol. The lowest BCUT2D eigenvalue weighted by molar-refractivity contribution is -0.113. The summed E-state index contributed by atoms with van der Waals surface area (Å²) in [6, 6.07) is 6.12. The molecule has 2 aromatic carbocycles. The summed E-state index contributed by atoms with van der Waals surface area (Å²) >= 11 is -2.44. The van der Waals surface area contributed by atoms with Crippen LogP contribution in [0.15, 0.2) is 47.0 Å². The van der Waals surface area contributed by atoms with Crippen molar-refractivity contribution in [2.75, 3.05) is 11.9 Å². The molecule has 3 N–H and O–H groups in total. The van der Waals surface area contributed by atoms with Gasteiger partial charge in [-0.15, -0.1) is 0 Å². The minimum Gasteiger partial charge on any atom is -0.322 e. The molecule has 192 valence electrons. The zero-order chi connectivity index (χ0) is 25.4. The maximum atomic E-state index is 13.8. The molecule has 2 atom stereocenters. The van der Waals surface area contributed by atoms with Gasteiger partial charge in [0.2, 0.25) is 10.0 Å². The minimum atomic E-state index is -4.11. The zero-order valence-electron chi connectivity index (χ0n) is 19.6. The van der Waals surface area contributed by atoms with E-state index in [2.05, 4.69) is 16.1 Å². The third kappa shape index (κ3) is 4.72. The molecule has 2 unspecified atom stereocenters. The molecule has 3 aliphatic rings. The first-order chi connectivity index (χ1) is 17.3. The molecule has 0 spiro atoms. The average Bonchev–Trinajstić information content (AvgIpc) is 3.59. The van der Waals surface area contributed by atoms with Gasteiger partial charge in [0.05, 0.1) is 16.5 Å². The van der Waals surface area contributed by atoms with Gasteiger partial charge in [0.15, 0.2) is 0 Å². The summed E-state index contributed by atoms with van der Waals surface area (Å²) < 4.78 is 64.7. The Bertz CT molecular complexity index is 1340. The number of nitrogens with zero attached hydrogens (tertiary/aromatic N) is 1. The van der Waals surface area contributed by atoms with Crippen LogP contribution in [0, 0.1) is 5.82 Å². The summed E-state index contributed by atoms with van der Waals surface area (Å²) in [5.74, 6) is -1.20. The van der Waals surface area contributed by atoms with Crippen molar-refractivity contribution in [2.45, 2.75) is 62.3 Å². The van der Waals surface area contributed by atoms with Gasteiger partial charge in [-0.3, -0.25) is 14.1 Å². The third-order valence-corrected chi connectivity index (χ3v) is 9.48. The first-order valence-electron chi connectivity index (χ1n) is 12.1. The van der Waals surface area contributed by atoms with Crippen molar-refractivity contribution in [3.8, 4) is 0 Å². The van der Waals surface area contributed by atoms with Crippen LogP contribution < -0.4 is 10.0 Å². The van der Waals surface area contributed by atoms with Crippen LogP contribution in [0.2, 0.25) is 0 Å². The van der Waals surface area contributed by atoms with E-state index in [9.17, 15) is 26.4 Å². The number of rotatable bonds is 7. The van der Waals surface area contributed by atoms with E-state index in [-0.39, 0.29) is 17.0 Å². The first kappa shape index (κ1) is 25.1. The van der Waals surface area contributed by atoms with E-state index < -0.39 is 39.1 Å². The van der Waals surface area contributed by atoms with Gasteiger partial charge in [-0.1, -0.05) is 12.1 Å². The predicted molar refractivity (Wildman–Crippen MR) is 134 cm³/mol. The topological polar surface area (TPSA) is 116 Å². The molecule has 1 saturated heterocycles. The van der Waals surface area contributed by atoms with E-state index in [1.165, 1.54) is 27.6 Å². The Morgan fingerprint density at radius 2 is 1.78 bits per heavy atom. The quantitative estimate of drug-likeness (QED) is 0.373. The van der Waals surface area contributed by atoms with E-state index in [1.54, 1.807) is 0 Å². The zero-order valence-corrected chi connectivity index (χ0v) is 21.3.